The highest BCUT2D eigenvalue weighted by Gasteiger charge is 2.05. The number of nitrogens with two attached hydrogens (primary N) is 1. The van der Waals surface area contributed by atoms with E-state index in [9.17, 15) is 0 Å². The normalized spacial score (nSPS) is 10.6. The van der Waals surface area contributed by atoms with Gasteiger partial charge in [0.1, 0.15) is 10.8 Å². The first-order valence-corrected chi connectivity index (χ1v) is 6.87. The van der Waals surface area contributed by atoms with Crippen LogP contribution in [0.1, 0.15) is 15.4 Å². The largest absolute Gasteiger partial charge is 0.383 e. The monoisotopic (exact) mass is 250 g/mol. The average Bonchev–Trinajstić information content (AvgIpc) is 2.57. The van der Waals surface area contributed by atoms with Crippen LogP contribution in [0.3, 0.4) is 0 Å². The Morgan fingerprint density at radius 2 is 2.06 bits per heavy atom. The quantitative estimate of drug-likeness (QED) is 0.845. The summed E-state index contributed by atoms with van der Waals surface area (Å²) in [5.74, 6) is 1.57. The van der Waals surface area contributed by atoms with Crippen LogP contribution in [0.15, 0.2) is 29.2 Å². The molecule has 1 aromatic carbocycles. The standard InChI is InChI=1S/C12H14N2S2/c1-8-5-3-4-6-10(8)15-7-11-14-12(13)9(2)16-11/h3-6H,7,13H2,1-2H3. The Labute approximate surface area is 104 Å². The summed E-state index contributed by atoms with van der Waals surface area (Å²) in [6.07, 6.45) is 0. The van der Waals surface area contributed by atoms with Gasteiger partial charge in [0.2, 0.25) is 0 Å². The lowest BCUT2D eigenvalue weighted by Crippen LogP contribution is -1.87. The summed E-state index contributed by atoms with van der Waals surface area (Å²) in [6, 6.07) is 8.40. The molecule has 0 aliphatic heterocycles. The lowest BCUT2D eigenvalue weighted by Gasteiger charge is -2.02. The molecule has 0 aliphatic carbocycles. The lowest BCUT2D eigenvalue weighted by atomic mass is 10.2. The number of hydrogen-bond acceptors (Lipinski definition) is 4. The molecule has 1 aromatic heterocycles. The van der Waals surface area contributed by atoms with Crippen LogP contribution in [0.25, 0.3) is 0 Å². The van der Waals surface area contributed by atoms with Crippen molar-refractivity contribution in [1.29, 1.82) is 0 Å². The lowest BCUT2D eigenvalue weighted by molar-refractivity contribution is 1.25. The van der Waals surface area contributed by atoms with Gasteiger partial charge in [0, 0.05) is 9.77 Å². The van der Waals surface area contributed by atoms with Crippen LogP contribution in [0.2, 0.25) is 0 Å². The molecule has 0 bridgehead atoms. The van der Waals surface area contributed by atoms with Gasteiger partial charge in [-0.1, -0.05) is 18.2 Å². The van der Waals surface area contributed by atoms with Gasteiger partial charge in [-0.05, 0) is 25.5 Å². The van der Waals surface area contributed by atoms with Crippen LogP contribution >= 0.6 is 23.1 Å². The first kappa shape index (κ1) is 11.5. The number of aromatic nitrogens is 1. The number of thiazole rings is 1. The first-order chi connectivity index (χ1) is 7.66. The summed E-state index contributed by atoms with van der Waals surface area (Å²) in [5.41, 5.74) is 7.04. The highest BCUT2D eigenvalue weighted by Crippen LogP contribution is 2.29. The second kappa shape index (κ2) is 4.89. The van der Waals surface area contributed by atoms with E-state index in [2.05, 4.69) is 36.2 Å². The zero-order valence-corrected chi connectivity index (χ0v) is 11.0. The fourth-order valence-corrected chi connectivity index (χ4v) is 3.26. The number of nitrogen functional groups attached to an aromatic ring is 1. The van der Waals surface area contributed by atoms with Gasteiger partial charge in [0.25, 0.3) is 0 Å². The van der Waals surface area contributed by atoms with Gasteiger partial charge in [0.15, 0.2) is 0 Å². The van der Waals surface area contributed by atoms with Gasteiger partial charge in [-0.3, -0.25) is 0 Å². The summed E-state index contributed by atoms with van der Waals surface area (Å²) in [4.78, 5) is 6.76. The Morgan fingerprint density at radius 1 is 1.31 bits per heavy atom. The van der Waals surface area contributed by atoms with Crippen molar-refractivity contribution in [3.8, 4) is 0 Å². The van der Waals surface area contributed by atoms with Crippen molar-refractivity contribution in [3.63, 3.8) is 0 Å². The fourth-order valence-electron chi connectivity index (χ4n) is 1.38. The van der Waals surface area contributed by atoms with Crippen molar-refractivity contribution in [3.05, 3.63) is 39.7 Å². The molecule has 0 saturated heterocycles. The molecular formula is C12H14N2S2. The van der Waals surface area contributed by atoms with E-state index in [0.717, 1.165) is 15.6 Å². The second-order valence-corrected chi connectivity index (χ2v) is 5.91. The number of rotatable bonds is 3. The second-order valence-electron chi connectivity index (χ2n) is 3.60. The minimum atomic E-state index is 0.672. The predicted molar refractivity (Wildman–Crippen MR) is 72.0 cm³/mol. The Balaban J connectivity index is 2.05. The van der Waals surface area contributed by atoms with E-state index in [1.807, 2.05) is 18.7 Å². The highest BCUT2D eigenvalue weighted by molar-refractivity contribution is 7.98. The van der Waals surface area contributed by atoms with E-state index in [-0.39, 0.29) is 0 Å². The summed E-state index contributed by atoms with van der Waals surface area (Å²) in [5, 5.41) is 1.10. The smallest absolute Gasteiger partial charge is 0.137 e. The van der Waals surface area contributed by atoms with Gasteiger partial charge in [0.05, 0.1) is 5.75 Å². The molecule has 84 valence electrons. The van der Waals surface area contributed by atoms with Crippen LogP contribution in [0, 0.1) is 13.8 Å². The van der Waals surface area contributed by atoms with E-state index in [1.54, 1.807) is 11.3 Å². The zero-order valence-electron chi connectivity index (χ0n) is 9.36. The van der Waals surface area contributed by atoms with Gasteiger partial charge >= 0.3 is 0 Å². The van der Waals surface area contributed by atoms with Crippen molar-refractivity contribution in [1.82, 2.24) is 4.98 Å². The van der Waals surface area contributed by atoms with Crippen molar-refractivity contribution in [2.75, 3.05) is 5.73 Å². The van der Waals surface area contributed by atoms with Gasteiger partial charge in [-0.15, -0.1) is 23.1 Å². The third-order valence-corrected chi connectivity index (χ3v) is 4.68. The average molecular weight is 250 g/mol. The number of aryl methyl sites for hydroxylation is 2. The number of hydrogen-bond donors (Lipinski definition) is 1. The first-order valence-electron chi connectivity index (χ1n) is 5.07. The number of anilines is 1. The molecule has 1 heterocycles. The zero-order chi connectivity index (χ0) is 11.5. The van der Waals surface area contributed by atoms with E-state index < -0.39 is 0 Å². The van der Waals surface area contributed by atoms with Crippen molar-refractivity contribution in [2.45, 2.75) is 24.5 Å². The molecule has 0 amide bonds. The molecule has 0 fully saturated rings. The van der Waals surface area contributed by atoms with Crippen LogP contribution in [-0.4, -0.2) is 4.98 Å². The van der Waals surface area contributed by atoms with Crippen LogP contribution in [0.4, 0.5) is 5.82 Å². The van der Waals surface area contributed by atoms with Crippen LogP contribution in [-0.2, 0) is 5.75 Å². The van der Waals surface area contributed by atoms with Gasteiger partial charge < -0.3 is 5.73 Å². The maximum atomic E-state index is 5.73. The molecule has 4 heteroatoms. The number of thioether (sulfide) groups is 1. The molecule has 2 nitrogen and oxygen atoms in total. The molecule has 2 N–H and O–H groups in total. The van der Waals surface area contributed by atoms with Crippen LogP contribution < -0.4 is 5.73 Å². The summed E-state index contributed by atoms with van der Waals surface area (Å²) in [7, 11) is 0. The van der Waals surface area contributed by atoms with E-state index in [1.165, 1.54) is 10.5 Å². The number of benzene rings is 1. The summed E-state index contributed by atoms with van der Waals surface area (Å²) < 4.78 is 0. The van der Waals surface area contributed by atoms with Gasteiger partial charge in [-0.25, -0.2) is 4.98 Å². The third-order valence-electron chi connectivity index (χ3n) is 2.32. The molecule has 0 radical (unpaired) electrons. The van der Waals surface area contributed by atoms with Crippen molar-refractivity contribution >= 4 is 28.9 Å². The summed E-state index contributed by atoms with van der Waals surface area (Å²) >= 11 is 3.50. The molecular weight excluding hydrogens is 236 g/mol. The number of nitrogens with zero attached hydrogens (tertiary/aromatic N) is 1. The van der Waals surface area contributed by atoms with Crippen molar-refractivity contribution < 1.29 is 0 Å². The minimum Gasteiger partial charge on any atom is -0.383 e. The Hall–Kier alpha value is -1.00. The third kappa shape index (κ3) is 2.57. The molecule has 2 rings (SSSR count). The van der Waals surface area contributed by atoms with Crippen molar-refractivity contribution in [2.24, 2.45) is 0 Å². The SMILES string of the molecule is Cc1ccccc1SCc1nc(N)c(C)s1. The van der Waals surface area contributed by atoms with E-state index >= 15 is 0 Å². The Kier molecular flexibility index (Phi) is 3.51. The molecule has 0 saturated carbocycles. The minimum absolute atomic E-state index is 0.672. The van der Waals surface area contributed by atoms with Gasteiger partial charge in [-0.2, -0.15) is 0 Å². The Morgan fingerprint density at radius 3 is 2.69 bits per heavy atom. The van der Waals surface area contributed by atoms with Crippen LogP contribution in [0.5, 0.6) is 0 Å². The molecule has 0 aliphatic rings. The Bertz CT molecular complexity index is 472. The summed E-state index contributed by atoms with van der Waals surface area (Å²) in [6.45, 7) is 4.14. The highest BCUT2D eigenvalue weighted by atomic mass is 32.2. The molecule has 0 atom stereocenters. The molecule has 0 spiro atoms. The fraction of sp³-hybridized carbons (Fsp3) is 0.250. The van der Waals surface area contributed by atoms with E-state index in [0.29, 0.717) is 5.82 Å². The predicted octanol–water partition coefficient (Wildman–Crippen LogP) is 3.63. The maximum absolute atomic E-state index is 5.73. The molecule has 16 heavy (non-hydrogen) atoms. The topological polar surface area (TPSA) is 38.9 Å². The molecule has 0 unspecified atom stereocenters. The maximum Gasteiger partial charge on any atom is 0.137 e. The van der Waals surface area contributed by atoms with E-state index in [4.69, 9.17) is 5.73 Å². The molecule has 2 aromatic rings.